The van der Waals surface area contributed by atoms with Gasteiger partial charge in [0.1, 0.15) is 17.4 Å². The van der Waals surface area contributed by atoms with Crippen LogP contribution >= 0.6 is 11.6 Å². The molecule has 2 aliphatic heterocycles. The van der Waals surface area contributed by atoms with E-state index in [9.17, 15) is 29.2 Å². The van der Waals surface area contributed by atoms with E-state index in [1.54, 1.807) is 25.1 Å². The number of halogens is 1. The first-order valence-corrected chi connectivity index (χ1v) is 20.3. The number of nitrogens with zero attached hydrogens (tertiary/aromatic N) is 4. The van der Waals surface area contributed by atoms with Crippen LogP contribution in [0.2, 0.25) is 5.02 Å². The van der Waals surface area contributed by atoms with Gasteiger partial charge < -0.3 is 15.0 Å². The van der Waals surface area contributed by atoms with E-state index in [1.807, 2.05) is 37.3 Å². The third-order valence-corrected chi connectivity index (χ3v) is 13.1. The van der Waals surface area contributed by atoms with Crippen molar-refractivity contribution in [2.45, 2.75) is 114 Å². The summed E-state index contributed by atoms with van der Waals surface area (Å²) in [6.07, 6.45) is 8.17. The van der Waals surface area contributed by atoms with Gasteiger partial charge in [-0.25, -0.2) is 0 Å². The van der Waals surface area contributed by atoms with Gasteiger partial charge >= 0.3 is 0 Å². The Hall–Kier alpha value is -5.25. The van der Waals surface area contributed by atoms with Crippen LogP contribution in [0.5, 0.6) is 5.75 Å². The van der Waals surface area contributed by atoms with Crippen LogP contribution in [0.3, 0.4) is 0 Å². The Balaban J connectivity index is 0.888. The molecule has 57 heavy (non-hydrogen) atoms. The largest absolute Gasteiger partial charge is 0.487 e. The molecule has 12 nitrogen and oxygen atoms in total. The fourth-order valence-corrected chi connectivity index (χ4v) is 9.43. The molecule has 5 amide bonds. The summed E-state index contributed by atoms with van der Waals surface area (Å²) in [6.45, 7) is 6.93. The van der Waals surface area contributed by atoms with Crippen LogP contribution in [0, 0.1) is 18.3 Å². The number of aryl methyl sites for hydroxylation is 1. The van der Waals surface area contributed by atoms with E-state index in [-0.39, 0.29) is 29.9 Å². The maximum absolute atomic E-state index is 13.5. The zero-order valence-corrected chi connectivity index (χ0v) is 33.3. The van der Waals surface area contributed by atoms with Crippen molar-refractivity contribution < 1.29 is 28.7 Å². The van der Waals surface area contributed by atoms with Gasteiger partial charge in [0.05, 0.1) is 10.6 Å². The van der Waals surface area contributed by atoms with Gasteiger partial charge in [-0.15, -0.1) is 0 Å². The number of hydrogen-bond donors (Lipinski definition) is 2. The summed E-state index contributed by atoms with van der Waals surface area (Å²) >= 11 is 6.25. The number of fused-ring (bicyclic) bond motifs is 4. The van der Waals surface area contributed by atoms with Crippen LogP contribution in [-0.2, 0) is 27.5 Å². The first kappa shape index (κ1) is 40.0. The Kier molecular flexibility index (Phi) is 11.7. The number of carbonyl (C=O) groups is 5. The molecular weight excluding hydrogens is 744 g/mol. The van der Waals surface area contributed by atoms with Crippen molar-refractivity contribution in [3.63, 3.8) is 0 Å². The van der Waals surface area contributed by atoms with Crippen LogP contribution in [0.4, 0.5) is 5.69 Å². The Morgan fingerprint density at radius 3 is 2.26 bits per heavy atom. The summed E-state index contributed by atoms with van der Waals surface area (Å²) in [7, 11) is 0. The van der Waals surface area contributed by atoms with E-state index in [2.05, 4.69) is 32.6 Å². The molecule has 2 heterocycles. The van der Waals surface area contributed by atoms with Crippen molar-refractivity contribution in [3.05, 3.63) is 93.0 Å². The summed E-state index contributed by atoms with van der Waals surface area (Å²) in [6, 6.07) is 19.1. The number of hydrogen-bond acceptors (Lipinski definition) is 9. The molecule has 1 atom stereocenters. The molecule has 0 radical (unpaired) electrons. The van der Waals surface area contributed by atoms with Crippen LogP contribution in [-0.4, -0.2) is 76.7 Å². The zero-order valence-electron chi connectivity index (χ0n) is 32.5. The smallest absolute Gasteiger partial charge is 0.260 e. The minimum absolute atomic E-state index is 0.0249. The number of rotatable bonds is 13. The van der Waals surface area contributed by atoms with E-state index < -0.39 is 17.9 Å². The number of imide groups is 2. The Labute approximate surface area is 338 Å². The fraction of sp³-hybridized carbons (Fsp3) is 0.455. The lowest BCUT2D eigenvalue weighted by atomic mass is 9.63. The van der Waals surface area contributed by atoms with Crippen LogP contribution in [0.25, 0.3) is 0 Å². The summed E-state index contributed by atoms with van der Waals surface area (Å²) in [5.41, 5.74) is 5.25. The van der Waals surface area contributed by atoms with Gasteiger partial charge in [-0.2, -0.15) is 5.26 Å². The number of ether oxygens (including phenoxy) is 1. The van der Waals surface area contributed by atoms with Crippen molar-refractivity contribution in [3.8, 4) is 11.8 Å². The number of benzene rings is 3. The number of nitrogens with one attached hydrogen (secondary N) is 2. The van der Waals surface area contributed by atoms with E-state index in [0.29, 0.717) is 46.3 Å². The minimum Gasteiger partial charge on any atom is -0.487 e. The Morgan fingerprint density at radius 2 is 1.65 bits per heavy atom. The highest BCUT2D eigenvalue weighted by atomic mass is 35.5. The second kappa shape index (κ2) is 16.7. The highest BCUT2D eigenvalue weighted by Crippen LogP contribution is 2.49. The van der Waals surface area contributed by atoms with Crippen LogP contribution < -0.4 is 20.3 Å². The summed E-state index contributed by atoms with van der Waals surface area (Å²) in [5.74, 6) is -0.212. The molecule has 4 fully saturated rings. The maximum atomic E-state index is 13.5. The lowest BCUT2D eigenvalue weighted by Gasteiger charge is -2.53. The normalized spacial score (nSPS) is 22.2. The molecule has 8 rings (SSSR count). The van der Waals surface area contributed by atoms with E-state index in [0.717, 1.165) is 99.3 Å². The summed E-state index contributed by atoms with van der Waals surface area (Å²) in [4.78, 5) is 67.3. The predicted molar refractivity (Wildman–Crippen MR) is 215 cm³/mol. The summed E-state index contributed by atoms with van der Waals surface area (Å²) in [5, 5.41) is 15.1. The third-order valence-electron chi connectivity index (χ3n) is 12.8. The second-order valence-corrected chi connectivity index (χ2v) is 16.7. The molecule has 0 spiro atoms. The standard InChI is InChI=1S/C44H49ClN6O6/c1-29-21-33-25-50(26-34(33)22-38(29)42(56)51(28-53)30(2)3-10-40(54)47-27-52)36-11-19-49(20-12-36)35-7-4-31(5-8-35)41(55)48-43-13-16-44(17-14-43,18-15-43)57-37-9-6-32(24-46)39(45)23-37/h4-9,21-23,27-28,30,36H,3,10-20,25-26H2,1-2H3,(H,48,55)(H,47,52,54). The SMILES string of the molecule is Cc1cc2c(cc1C(=O)N(C=O)C(C)CCC(=O)NC=O)CN(C1CCN(c3ccc(C(=O)NC45CCC(Oc6ccc(C#N)c(Cl)c6)(CC4)CC5)cc3)CC1)C2. The molecule has 298 valence electrons. The summed E-state index contributed by atoms with van der Waals surface area (Å²) < 4.78 is 6.46. The maximum Gasteiger partial charge on any atom is 0.260 e. The Morgan fingerprint density at radius 1 is 0.982 bits per heavy atom. The van der Waals surface area contributed by atoms with Gasteiger partial charge in [0, 0.05) is 73.1 Å². The second-order valence-electron chi connectivity index (χ2n) is 16.3. The van der Waals surface area contributed by atoms with E-state index >= 15 is 0 Å². The van der Waals surface area contributed by atoms with E-state index in [4.69, 9.17) is 16.3 Å². The quantitative estimate of drug-likeness (QED) is 0.193. The molecule has 2 bridgehead atoms. The molecule has 0 aromatic heterocycles. The van der Waals surface area contributed by atoms with Crippen molar-refractivity contribution >= 4 is 47.8 Å². The molecule has 5 aliphatic rings. The topological polar surface area (TPSA) is 152 Å². The lowest BCUT2D eigenvalue weighted by Crippen LogP contribution is -2.60. The third kappa shape index (κ3) is 8.55. The van der Waals surface area contributed by atoms with Gasteiger partial charge in [-0.05, 0) is 131 Å². The first-order chi connectivity index (χ1) is 27.4. The molecule has 3 aliphatic carbocycles. The predicted octanol–water partition coefficient (Wildman–Crippen LogP) is 6.20. The van der Waals surface area contributed by atoms with Crippen molar-refractivity contribution in [1.29, 1.82) is 5.26 Å². The zero-order chi connectivity index (χ0) is 40.3. The lowest BCUT2D eigenvalue weighted by molar-refractivity contribution is -0.126. The molecule has 3 aromatic rings. The Bertz CT molecular complexity index is 2070. The molecule has 2 N–H and O–H groups in total. The number of carbonyl (C=O) groups excluding carboxylic acids is 5. The highest BCUT2D eigenvalue weighted by Gasteiger charge is 2.51. The van der Waals surface area contributed by atoms with Crippen LogP contribution in [0.1, 0.15) is 114 Å². The van der Waals surface area contributed by atoms with Crippen molar-refractivity contribution in [1.82, 2.24) is 20.4 Å². The molecule has 13 heteroatoms. The minimum atomic E-state index is -0.509. The molecular formula is C44H49ClN6O6. The van der Waals surface area contributed by atoms with E-state index in [1.165, 1.54) is 5.56 Å². The molecule has 3 aromatic carbocycles. The average Bonchev–Trinajstić information content (AvgIpc) is 3.64. The number of nitriles is 1. The van der Waals surface area contributed by atoms with Gasteiger partial charge in [0.25, 0.3) is 11.8 Å². The average molecular weight is 793 g/mol. The molecule has 1 saturated heterocycles. The van der Waals surface area contributed by atoms with Gasteiger partial charge in [-0.1, -0.05) is 17.7 Å². The van der Waals surface area contributed by atoms with Crippen LogP contribution in [0.15, 0.2) is 54.6 Å². The first-order valence-electron chi connectivity index (χ1n) is 19.9. The van der Waals surface area contributed by atoms with Crippen molar-refractivity contribution in [2.24, 2.45) is 0 Å². The fourth-order valence-electron chi connectivity index (χ4n) is 9.21. The molecule has 1 unspecified atom stereocenters. The van der Waals surface area contributed by atoms with Crippen molar-refractivity contribution in [2.75, 3.05) is 18.0 Å². The van der Waals surface area contributed by atoms with Gasteiger partial charge in [0.2, 0.25) is 18.7 Å². The highest BCUT2D eigenvalue weighted by molar-refractivity contribution is 6.31. The van der Waals surface area contributed by atoms with Gasteiger partial charge in [-0.3, -0.25) is 39.1 Å². The number of anilines is 1. The van der Waals surface area contributed by atoms with Gasteiger partial charge in [0.15, 0.2) is 0 Å². The number of amides is 5. The monoisotopic (exact) mass is 792 g/mol. The molecule has 3 saturated carbocycles. The number of piperidine rings is 1.